The number of aromatic nitrogens is 1. The second kappa shape index (κ2) is 4.15. The fourth-order valence-electron chi connectivity index (χ4n) is 0.816. The molecule has 1 aromatic rings. The number of hydrogen-bond acceptors (Lipinski definition) is 2. The van der Waals surface area contributed by atoms with E-state index in [-0.39, 0.29) is 17.3 Å². The number of hydrogen-bond donors (Lipinski definition) is 0. The molecule has 5 heteroatoms. The highest BCUT2D eigenvalue weighted by Crippen LogP contribution is 2.21. The summed E-state index contributed by atoms with van der Waals surface area (Å²) in [5, 5.41) is 8.31. The highest BCUT2D eigenvalue weighted by Gasteiger charge is 2.10. The quantitative estimate of drug-likeness (QED) is 0.692. The molecule has 2 nitrogen and oxygen atoms in total. The maximum Gasteiger partial charge on any atom is 0.280 e. The van der Waals surface area contributed by atoms with Gasteiger partial charge in [0, 0.05) is 5.56 Å². The zero-order chi connectivity index (χ0) is 9.84. The van der Waals surface area contributed by atoms with Gasteiger partial charge in [-0.1, -0.05) is 17.7 Å². The van der Waals surface area contributed by atoms with Crippen molar-refractivity contribution >= 4 is 11.6 Å². The summed E-state index contributed by atoms with van der Waals surface area (Å²) in [6.45, 7) is 0. The highest BCUT2D eigenvalue weighted by molar-refractivity contribution is 6.30. The van der Waals surface area contributed by atoms with Crippen LogP contribution in [0.4, 0.5) is 8.78 Å². The van der Waals surface area contributed by atoms with E-state index in [1.165, 1.54) is 12.1 Å². The molecule has 0 unspecified atom stereocenters. The van der Waals surface area contributed by atoms with Crippen LogP contribution >= 0.6 is 11.6 Å². The Labute approximate surface area is 78.8 Å². The summed E-state index contributed by atoms with van der Waals surface area (Å²) in [6, 6.07) is 4.42. The van der Waals surface area contributed by atoms with Gasteiger partial charge in [-0.25, -0.2) is 13.8 Å². The van der Waals surface area contributed by atoms with E-state index in [1.54, 1.807) is 0 Å². The van der Waals surface area contributed by atoms with Crippen LogP contribution in [0.2, 0.25) is 5.15 Å². The average molecular weight is 203 g/mol. The normalized spacial score (nSPS) is 10.1. The van der Waals surface area contributed by atoms with Gasteiger partial charge < -0.3 is 0 Å². The van der Waals surface area contributed by atoms with E-state index < -0.39 is 6.43 Å². The maximum atomic E-state index is 12.1. The molecule has 0 radical (unpaired) electrons. The molecular formula is C8H5ClF2N2. The van der Waals surface area contributed by atoms with Crippen molar-refractivity contribution in [3.05, 3.63) is 28.5 Å². The predicted molar refractivity (Wildman–Crippen MR) is 43.5 cm³/mol. The SMILES string of the molecule is N#CCc1ccc(C(F)F)nc1Cl. The van der Waals surface area contributed by atoms with E-state index in [0.29, 0.717) is 5.56 Å². The second-order valence-electron chi connectivity index (χ2n) is 2.32. The zero-order valence-electron chi connectivity index (χ0n) is 6.47. The van der Waals surface area contributed by atoms with Gasteiger partial charge in [0.05, 0.1) is 12.5 Å². The van der Waals surface area contributed by atoms with E-state index in [2.05, 4.69) is 4.98 Å². The van der Waals surface area contributed by atoms with Gasteiger partial charge >= 0.3 is 0 Å². The van der Waals surface area contributed by atoms with Crippen LogP contribution < -0.4 is 0 Å². The van der Waals surface area contributed by atoms with Crippen LogP contribution in [-0.2, 0) is 6.42 Å². The van der Waals surface area contributed by atoms with Crippen LogP contribution in [0, 0.1) is 11.3 Å². The Balaban J connectivity index is 3.00. The molecule has 0 N–H and O–H groups in total. The smallest absolute Gasteiger partial charge is 0.235 e. The first-order valence-electron chi connectivity index (χ1n) is 3.45. The van der Waals surface area contributed by atoms with E-state index in [9.17, 15) is 8.78 Å². The van der Waals surface area contributed by atoms with Gasteiger partial charge in [0.15, 0.2) is 0 Å². The third-order valence-electron chi connectivity index (χ3n) is 1.44. The molecule has 13 heavy (non-hydrogen) atoms. The van der Waals surface area contributed by atoms with Gasteiger partial charge in [0.2, 0.25) is 0 Å². The first kappa shape index (κ1) is 9.87. The minimum absolute atomic E-state index is 0.0284. The molecule has 0 saturated carbocycles. The third-order valence-corrected chi connectivity index (χ3v) is 1.77. The van der Waals surface area contributed by atoms with Crippen LogP contribution in [0.25, 0.3) is 0 Å². The molecule has 1 heterocycles. The number of alkyl halides is 2. The minimum Gasteiger partial charge on any atom is -0.235 e. The van der Waals surface area contributed by atoms with E-state index >= 15 is 0 Å². The lowest BCUT2D eigenvalue weighted by Crippen LogP contribution is -1.94. The molecule has 0 aliphatic rings. The van der Waals surface area contributed by atoms with Gasteiger partial charge in [-0.2, -0.15) is 5.26 Å². The van der Waals surface area contributed by atoms with Crippen molar-refractivity contribution in [1.29, 1.82) is 5.26 Å². The monoisotopic (exact) mass is 202 g/mol. The van der Waals surface area contributed by atoms with Gasteiger partial charge in [0.1, 0.15) is 10.8 Å². The van der Waals surface area contributed by atoms with Crippen LogP contribution in [0.5, 0.6) is 0 Å². The van der Waals surface area contributed by atoms with Gasteiger partial charge in [0.25, 0.3) is 6.43 Å². The van der Waals surface area contributed by atoms with Crippen LogP contribution in [0.1, 0.15) is 17.7 Å². The first-order valence-corrected chi connectivity index (χ1v) is 3.83. The summed E-state index contributed by atoms with van der Waals surface area (Å²) in [6.07, 6.45) is -2.55. The van der Waals surface area contributed by atoms with Crippen LogP contribution in [0.15, 0.2) is 12.1 Å². The van der Waals surface area contributed by atoms with Crippen molar-refractivity contribution in [2.45, 2.75) is 12.8 Å². The summed E-state index contributed by atoms with van der Waals surface area (Å²) in [5.41, 5.74) is 0.0975. The Hall–Kier alpha value is -1.21. The van der Waals surface area contributed by atoms with Crippen molar-refractivity contribution in [2.75, 3.05) is 0 Å². The first-order chi connectivity index (χ1) is 6.15. The Morgan fingerprint density at radius 2 is 2.23 bits per heavy atom. The summed E-state index contributed by atoms with van der Waals surface area (Å²) in [4.78, 5) is 3.46. The van der Waals surface area contributed by atoms with Crippen molar-refractivity contribution in [3.63, 3.8) is 0 Å². The molecule has 0 saturated heterocycles. The lowest BCUT2D eigenvalue weighted by molar-refractivity contribution is 0.146. The number of halogens is 3. The second-order valence-corrected chi connectivity index (χ2v) is 2.68. The molecule has 68 valence electrons. The molecule has 0 amide bonds. The number of nitrogens with zero attached hydrogens (tertiary/aromatic N) is 2. The Morgan fingerprint density at radius 3 is 2.69 bits per heavy atom. The maximum absolute atomic E-state index is 12.1. The largest absolute Gasteiger partial charge is 0.280 e. The molecule has 1 rings (SSSR count). The summed E-state index contributed by atoms with van der Waals surface area (Å²) >= 11 is 5.56. The predicted octanol–water partition coefficient (Wildman–Crippen LogP) is 2.74. The van der Waals surface area contributed by atoms with Crippen molar-refractivity contribution in [1.82, 2.24) is 4.98 Å². The van der Waals surface area contributed by atoms with E-state index in [0.717, 1.165) is 0 Å². The zero-order valence-corrected chi connectivity index (χ0v) is 7.22. The molecule has 0 fully saturated rings. The summed E-state index contributed by atoms with van der Waals surface area (Å²) in [7, 11) is 0. The Bertz CT molecular complexity index is 346. The summed E-state index contributed by atoms with van der Waals surface area (Å²) in [5.74, 6) is 0. The van der Waals surface area contributed by atoms with Crippen LogP contribution in [0.3, 0.4) is 0 Å². The molecule has 0 bridgehead atoms. The fourth-order valence-corrected chi connectivity index (χ4v) is 1.04. The Kier molecular flexibility index (Phi) is 3.15. The van der Waals surface area contributed by atoms with E-state index in [1.807, 2.05) is 6.07 Å². The molecule has 0 aliphatic carbocycles. The van der Waals surface area contributed by atoms with Crippen molar-refractivity contribution < 1.29 is 8.78 Å². The highest BCUT2D eigenvalue weighted by atomic mass is 35.5. The third kappa shape index (κ3) is 2.36. The minimum atomic E-state index is -2.63. The molecular weight excluding hydrogens is 198 g/mol. The van der Waals surface area contributed by atoms with Gasteiger partial charge in [-0.05, 0) is 6.07 Å². The fraction of sp³-hybridized carbons (Fsp3) is 0.250. The number of pyridine rings is 1. The van der Waals surface area contributed by atoms with Crippen molar-refractivity contribution in [2.24, 2.45) is 0 Å². The lowest BCUT2D eigenvalue weighted by atomic mass is 10.2. The average Bonchev–Trinajstić information content (AvgIpc) is 2.08. The molecule has 1 aromatic heterocycles. The molecule has 0 spiro atoms. The van der Waals surface area contributed by atoms with Gasteiger partial charge in [-0.15, -0.1) is 0 Å². The van der Waals surface area contributed by atoms with Crippen LogP contribution in [-0.4, -0.2) is 4.98 Å². The molecule has 0 aliphatic heterocycles. The molecule has 0 atom stereocenters. The van der Waals surface area contributed by atoms with Gasteiger partial charge in [-0.3, -0.25) is 0 Å². The lowest BCUT2D eigenvalue weighted by Gasteiger charge is -2.01. The summed E-state index contributed by atoms with van der Waals surface area (Å²) < 4.78 is 24.2. The van der Waals surface area contributed by atoms with Crippen molar-refractivity contribution in [3.8, 4) is 6.07 Å². The molecule has 0 aromatic carbocycles. The Morgan fingerprint density at radius 1 is 1.54 bits per heavy atom. The topological polar surface area (TPSA) is 36.7 Å². The number of nitriles is 1. The van der Waals surface area contributed by atoms with E-state index in [4.69, 9.17) is 16.9 Å². The standard InChI is InChI=1S/C8H5ClF2N2/c9-7-5(3-4-12)1-2-6(13-7)8(10)11/h1-2,8H,3H2. The number of rotatable bonds is 2.